The van der Waals surface area contributed by atoms with E-state index < -0.39 is 0 Å². The van der Waals surface area contributed by atoms with Crippen molar-refractivity contribution < 1.29 is 0 Å². The quantitative estimate of drug-likeness (QED) is 0.806. The van der Waals surface area contributed by atoms with Crippen molar-refractivity contribution >= 4 is 5.69 Å². The number of nitrogens with one attached hydrogen (secondary N) is 1. The van der Waals surface area contributed by atoms with Crippen LogP contribution in [0.5, 0.6) is 0 Å². The molecule has 1 aliphatic rings. The summed E-state index contributed by atoms with van der Waals surface area (Å²) in [5.74, 6) is 0. The Hall–Kier alpha value is -1.13. The van der Waals surface area contributed by atoms with Crippen molar-refractivity contribution in [3.63, 3.8) is 0 Å². The lowest BCUT2D eigenvalue weighted by Gasteiger charge is -2.38. The van der Waals surface area contributed by atoms with Crippen LogP contribution in [0.15, 0.2) is 18.5 Å². The molecular formula is C16H28N4. The summed E-state index contributed by atoms with van der Waals surface area (Å²) in [6.07, 6.45) is 7.67. The standard InChI is InChI=1S/C16H28N4/c1-4-8-17-11-14-12-18-9-7-16(14)20-10-5-6-15(13-20)19(2)3/h7,9,12,15,17H,4-6,8,10-11,13H2,1-3H3. The van der Waals surface area contributed by atoms with Crippen molar-refractivity contribution in [3.8, 4) is 0 Å². The van der Waals surface area contributed by atoms with Gasteiger partial charge < -0.3 is 15.1 Å². The third-order valence-electron chi connectivity index (χ3n) is 4.09. The van der Waals surface area contributed by atoms with Crippen molar-refractivity contribution in [2.24, 2.45) is 0 Å². The zero-order chi connectivity index (χ0) is 14.4. The molecule has 20 heavy (non-hydrogen) atoms. The second-order valence-electron chi connectivity index (χ2n) is 5.89. The number of aromatic nitrogens is 1. The maximum absolute atomic E-state index is 4.30. The summed E-state index contributed by atoms with van der Waals surface area (Å²) in [7, 11) is 4.37. The van der Waals surface area contributed by atoms with Crippen LogP contribution in [0.3, 0.4) is 0 Å². The zero-order valence-corrected chi connectivity index (χ0v) is 13.1. The van der Waals surface area contributed by atoms with Gasteiger partial charge in [-0.15, -0.1) is 0 Å². The lowest BCUT2D eigenvalue weighted by atomic mass is 10.0. The first kappa shape index (κ1) is 15.3. The predicted molar refractivity (Wildman–Crippen MR) is 85.2 cm³/mol. The van der Waals surface area contributed by atoms with Crippen molar-refractivity contribution in [3.05, 3.63) is 24.0 Å². The Balaban J connectivity index is 2.06. The minimum absolute atomic E-state index is 0.661. The summed E-state index contributed by atoms with van der Waals surface area (Å²) in [6.45, 7) is 6.46. The molecule has 2 rings (SSSR count). The van der Waals surface area contributed by atoms with E-state index in [-0.39, 0.29) is 0 Å². The van der Waals surface area contributed by atoms with E-state index in [0.29, 0.717) is 6.04 Å². The van der Waals surface area contributed by atoms with E-state index in [4.69, 9.17) is 0 Å². The molecule has 4 nitrogen and oxygen atoms in total. The van der Waals surface area contributed by atoms with Gasteiger partial charge in [-0.25, -0.2) is 0 Å². The van der Waals surface area contributed by atoms with Crippen LogP contribution in [0.2, 0.25) is 0 Å². The highest BCUT2D eigenvalue weighted by atomic mass is 15.2. The van der Waals surface area contributed by atoms with Crippen LogP contribution < -0.4 is 10.2 Å². The summed E-state index contributed by atoms with van der Waals surface area (Å²) < 4.78 is 0. The average Bonchev–Trinajstić information content (AvgIpc) is 2.48. The van der Waals surface area contributed by atoms with Crippen molar-refractivity contribution in [1.29, 1.82) is 0 Å². The molecule has 1 atom stereocenters. The highest BCUT2D eigenvalue weighted by Gasteiger charge is 2.22. The second kappa shape index (κ2) is 7.60. The molecular weight excluding hydrogens is 248 g/mol. The van der Waals surface area contributed by atoms with Gasteiger partial charge in [0.25, 0.3) is 0 Å². The molecule has 1 fully saturated rings. The van der Waals surface area contributed by atoms with Crippen LogP contribution in [-0.2, 0) is 6.54 Å². The van der Waals surface area contributed by atoms with E-state index in [0.717, 1.165) is 26.2 Å². The maximum atomic E-state index is 4.30. The Morgan fingerprint density at radius 1 is 1.45 bits per heavy atom. The Bertz CT molecular complexity index is 405. The summed E-state index contributed by atoms with van der Waals surface area (Å²) in [6, 6.07) is 2.83. The van der Waals surface area contributed by atoms with Crippen molar-refractivity contribution in [2.45, 2.75) is 38.8 Å². The number of piperidine rings is 1. The average molecular weight is 276 g/mol. The summed E-state index contributed by atoms with van der Waals surface area (Å²) in [5.41, 5.74) is 2.68. The van der Waals surface area contributed by atoms with E-state index in [2.05, 4.69) is 47.2 Å². The monoisotopic (exact) mass is 276 g/mol. The van der Waals surface area contributed by atoms with E-state index in [1.165, 1.54) is 30.5 Å². The van der Waals surface area contributed by atoms with Gasteiger partial charge in [0.15, 0.2) is 0 Å². The predicted octanol–water partition coefficient (Wildman–Crippen LogP) is 2.11. The normalized spacial score (nSPS) is 19.6. The molecule has 112 valence electrons. The van der Waals surface area contributed by atoms with E-state index in [1.54, 1.807) is 0 Å². The molecule has 0 spiro atoms. The highest BCUT2D eigenvalue weighted by molar-refractivity contribution is 5.52. The lowest BCUT2D eigenvalue weighted by Crippen LogP contribution is -2.45. The van der Waals surface area contributed by atoms with Crippen molar-refractivity contribution in [1.82, 2.24) is 15.2 Å². The minimum Gasteiger partial charge on any atom is -0.370 e. The van der Waals surface area contributed by atoms with Crippen molar-refractivity contribution in [2.75, 3.05) is 38.6 Å². The first-order chi connectivity index (χ1) is 9.72. The van der Waals surface area contributed by atoms with Crippen LogP contribution in [0.1, 0.15) is 31.7 Å². The minimum atomic E-state index is 0.661. The smallest absolute Gasteiger partial charge is 0.0443 e. The van der Waals surface area contributed by atoms with Crippen LogP contribution in [0.25, 0.3) is 0 Å². The molecule has 1 aromatic rings. The van der Waals surface area contributed by atoms with Gasteiger partial charge in [-0.05, 0) is 46.0 Å². The first-order valence-electron chi connectivity index (χ1n) is 7.77. The van der Waals surface area contributed by atoms with Gasteiger partial charge >= 0.3 is 0 Å². The van der Waals surface area contributed by atoms with Gasteiger partial charge in [0.05, 0.1) is 0 Å². The van der Waals surface area contributed by atoms with Crippen LogP contribution in [-0.4, -0.2) is 49.7 Å². The zero-order valence-electron chi connectivity index (χ0n) is 13.1. The number of nitrogens with zero attached hydrogens (tertiary/aromatic N) is 3. The summed E-state index contributed by atoms with van der Waals surface area (Å²) in [5, 5.41) is 3.49. The third-order valence-corrected chi connectivity index (χ3v) is 4.09. The topological polar surface area (TPSA) is 31.4 Å². The number of likely N-dealkylation sites (N-methyl/N-ethyl adjacent to an activating group) is 1. The molecule has 1 unspecified atom stereocenters. The van der Waals surface area contributed by atoms with Crippen LogP contribution >= 0.6 is 0 Å². The van der Waals surface area contributed by atoms with E-state index in [9.17, 15) is 0 Å². The molecule has 4 heteroatoms. The fourth-order valence-electron chi connectivity index (χ4n) is 2.86. The van der Waals surface area contributed by atoms with E-state index >= 15 is 0 Å². The first-order valence-corrected chi connectivity index (χ1v) is 7.77. The Kier molecular flexibility index (Phi) is 5.80. The molecule has 1 saturated heterocycles. The van der Waals surface area contributed by atoms with Gasteiger partial charge in [-0.2, -0.15) is 0 Å². The number of rotatable bonds is 6. The molecule has 0 amide bonds. The fraction of sp³-hybridized carbons (Fsp3) is 0.688. The third kappa shape index (κ3) is 3.93. The molecule has 2 heterocycles. The molecule has 1 aliphatic heterocycles. The molecule has 0 bridgehead atoms. The van der Waals surface area contributed by atoms with Gasteiger partial charge in [0.2, 0.25) is 0 Å². The SMILES string of the molecule is CCCNCc1cnccc1N1CCCC(N(C)C)C1. The van der Waals surface area contributed by atoms with Crippen LogP contribution in [0, 0.1) is 0 Å². The Labute approximate surface area is 123 Å². The summed E-state index contributed by atoms with van der Waals surface area (Å²) >= 11 is 0. The molecule has 0 aliphatic carbocycles. The van der Waals surface area contributed by atoms with Gasteiger partial charge in [-0.1, -0.05) is 6.92 Å². The Morgan fingerprint density at radius 3 is 3.05 bits per heavy atom. The number of pyridine rings is 1. The number of hydrogen-bond acceptors (Lipinski definition) is 4. The van der Waals surface area contributed by atoms with Gasteiger partial charge in [0.1, 0.15) is 0 Å². The van der Waals surface area contributed by atoms with Gasteiger partial charge in [-0.3, -0.25) is 4.98 Å². The van der Waals surface area contributed by atoms with Crippen LogP contribution in [0.4, 0.5) is 5.69 Å². The molecule has 0 aromatic carbocycles. The lowest BCUT2D eigenvalue weighted by molar-refractivity contribution is 0.258. The molecule has 1 aromatic heterocycles. The van der Waals surface area contributed by atoms with E-state index in [1.807, 2.05) is 12.4 Å². The largest absolute Gasteiger partial charge is 0.370 e. The molecule has 1 N–H and O–H groups in total. The number of anilines is 1. The van der Waals surface area contributed by atoms with Gasteiger partial charge in [0, 0.05) is 49.3 Å². The fourth-order valence-corrected chi connectivity index (χ4v) is 2.86. The summed E-state index contributed by atoms with van der Waals surface area (Å²) in [4.78, 5) is 9.17. The Morgan fingerprint density at radius 2 is 2.30 bits per heavy atom. The second-order valence-corrected chi connectivity index (χ2v) is 5.89. The molecule has 0 radical (unpaired) electrons. The maximum Gasteiger partial charge on any atom is 0.0443 e. The highest BCUT2D eigenvalue weighted by Crippen LogP contribution is 2.24. The molecule has 0 saturated carbocycles. The number of hydrogen-bond donors (Lipinski definition) is 1.